The Labute approximate surface area is 222 Å². The number of hydrogen-bond donors (Lipinski definition) is 1. The van der Waals surface area contributed by atoms with Crippen molar-refractivity contribution in [2.45, 2.75) is 12.3 Å². The van der Waals surface area contributed by atoms with Gasteiger partial charge in [-0.15, -0.1) is 0 Å². The van der Waals surface area contributed by atoms with Crippen molar-refractivity contribution in [2.24, 2.45) is 0 Å². The minimum Gasteiger partial charge on any atom is -0.496 e. The number of rotatable bonds is 5. The van der Waals surface area contributed by atoms with E-state index in [0.717, 1.165) is 5.39 Å². The summed E-state index contributed by atoms with van der Waals surface area (Å²) in [6, 6.07) is 15.6. The Balaban J connectivity index is 1.48. The number of ketones is 1. The first-order valence-corrected chi connectivity index (χ1v) is 12.2. The van der Waals surface area contributed by atoms with Crippen LogP contribution in [0.15, 0.2) is 65.2 Å². The Hall–Kier alpha value is -5.05. The van der Waals surface area contributed by atoms with Crippen molar-refractivity contribution in [2.75, 3.05) is 21.3 Å². The van der Waals surface area contributed by atoms with E-state index in [0.29, 0.717) is 45.0 Å². The van der Waals surface area contributed by atoms with Gasteiger partial charge in [0.25, 0.3) is 5.56 Å². The van der Waals surface area contributed by atoms with Crippen molar-refractivity contribution < 1.29 is 33.3 Å². The molecule has 9 nitrogen and oxygen atoms in total. The summed E-state index contributed by atoms with van der Waals surface area (Å²) in [7, 11) is 4.53. The number of carbonyl (C=O) groups is 2. The molecule has 3 heterocycles. The summed E-state index contributed by atoms with van der Waals surface area (Å²) in [6.07, 6.45) is 1.48. The first-order valence-electron chi connectivity index (χ1n) is 12.2. The SMILES string of the molecule is COc1cc(OC)c(OC)cc1/C=C1\Oc2c(ccc3c2C(c2cc4ccccc4[nH]c2=O)CC(=O)O3)C1=O. The molecule has 1 N–H and O–H groups in total. The van der Waals surface area contributed by atoms with Gasteiger partial charge < -0.3 is 28.7 Å². The van der Waals surface area contributed by atoms with E-state index in [9.17, 15) is 14.4 Å². The van der Waals surface area contributed by atoms with Crippen LogP contribution < -0.4 is 29.2 Å². The number of H-pyrrole nitrogens is 1. The second kappa shape index (κ2) is 9.36. The Morgan fingerprint density at radius 2 is 1.62 bits per heavy atom. The zero-order valence-corrected chi connectivity index (χ0v) is 21.3. The van der Waals surface area contributed by atoms with Gasteiger partial charge in [0.1, 0.15) is 17.2 Å². The molecule has 0 saturated carbocycles. The lowest BCUT2D eigenvalue weighted by molar-refractivity contribution is -0.135. The number of ether oxygens (including phenoxy) is 5. The molecule has 2 aliphatic heterocycles. The van der Waals surface area contributed by atoms with Gasteiger partial charge in [-0.05, 0) is 41.8 Å². The number of fused-ring (bicyclic) bond motifs is 4. The largest absolute Gasteiger partial charge is 0.496 e. The van der Waals surface area contributed by atoms with Crippen molar-refractivity contribution >= 4 is 28.7 Å². The van der Waals surface area contributed by atoms with Gasteiger partial charge in [0, 0.05) is 34.2 Å². The summed E-state index contributed by atoms with van der Waals surface area (Å²) >= 11 is 0. The molecule has 0 spiro atoms. The molecule has 4 aromatic rings. The van der Waals surface area contributed by atoms with Crippen LogP contribution in [-0.4, -0.2) is 38.1 Å². The number of aromatic nitrogens is 1. The monoisotopic (exact) mass is 525 g/mol. The van der Waals surface area contributed by atoms with Gasteiger partial charge in [-0.3, -0.25) is 14.4 Å². The standard InChI is InChI=1S/C30H23NO8/c1-35-22-14-24(37-3)23(36-2)11-16(22)12-25-28(33)17-8-9-21-27(29(17)39-25)18(13-26(32)38-21)19-10-15-6-4-5-7-20(15)31-30(19)34/h4-12,14,18H,13H2,1-3H3,(H,31,34)/b25-12-. The van der Waals surface area contributed by atoms with Crippen LogP contribution in [0.3, 0.4) is 0 Å². The summed E-state index contributed by atoms with van der Waals surface area (Å²) in [6.45, 7) is 0. The number of nitrogens with one attached hydrogen (secondary N) is 1. The topological polar surface area (TPSA) is 113 Å². The smallest absolute Gasteiger partial charge is 0.312 e. The Bertz CT molecular complexity index is 1770. The average Bonchev–Trinajstić information content (AvgIpc) is 3.26. The number of para-hydroxylation sites is 1. The summed E-state index contributed by atoms with van der Waals surface area (Å²) in [5.41, 5.74) is 2.06. The summed E-state index contributed by atoms with van der Waals surface area (Å²) in [5.74, 6) is 0.422. The van der Waals surface area contributed by atoms with E-state index in [2.05, 4.69) is 4.98 Å². The van der Waals surface area contributed by atoms with Crippen LogP contribution in [-0.2, 0) is 4.79 Å². The Morgan fingerprint density at radius 1 is 0.872 bits per heavy atom. The molecule has 0 bridgehead atoms. The van der Waals surface area contributed by atoms with Crippen LogP contribution in [0.4, 0.5) is 0 Å². The molecule has 196 valence electrons. The number of carbonyl (C=O) groups excluding carboxylic acids is 2. The molecule has 1 aromatic heterocycles. The van der Waals surface area contributed by atoms with Gasteiger partial charge in [-0.25, -0.2) is 0 Å². The number of benzene rings is 3. The Kier molecular flexibility index (Phi) is 5.83. The summed E-state index contributed by atoms with van der Waals surface area (Å²) in [5, 5.41) is 0.818. The predicted molar refractivity (Wildman–Crippen MR) is 142 cm³/mol. The second-order valence-corrected chi connectivity index (χ2v) is 9.11. The molecular weight excluding hydrogens is 502 g/mol. The molecule has 0 fully saturated rings. The predicted octanol–water partition coefficient (Wildman–Crippen LogP) is 4.61. The van der Waals surface area contributed by atoms with Crippen LogP contribution in [0, 0.1) is 0 Å². The quantitative estimate of drug-likeness (QED) is 0.228. The molecule has 0 aliphatic carbocycles. The summed E-state index contributed by atoms with van der Waals surface area (Å²) in [4.78, 5) is 42.0. The van der Waals surface area contributed by atoms with Gasteiger partial charge in [0.2, 0.25) is 5.78 Å². The number of allylic oxidation sites excluding steroid dienone is 1. The highest BCUT2D eigenvalue weighted by atomic mass is 16.5. The minimum absolute atomic E-state index is 0.0481. The average molecular weight is 526 g/mol. The van der Waals surface area contributed by atoms with E-state index in [4.69, 9.17) is 23.7 Å². The number of methoxy groups -OCH3 is 3. The fourth-order valence-electron chi connectivity index (χ4n) is 5.10. The summed E-state index contributed by atoms with van der Waals surface area (Å²) < 4.78 is 27.9. The molecule has 0 radical (unpaired) electrons. The first kappa shape index (κ1) is 24.3. The van der Waals surface area contributed by atoms with Crippen LogP contribution in [0.5, 0.6) is 28.7 Å². The molecule has 0 amide bonds. The normalized spacial score (nSPS) is 16.9. The van der Waals surface area contributed by atoms with E-state index in [-0.39, 0.29) is 35.0 Å². The van der Waals surface area contributed by atoms with Crippen molar-refractivity contribution in [3.8, 4) is 28.7 Å². The molecular formula is C30H23NO8. The lowest BCUT2D eigenvalue weighted by Crippen LogP contribution is -2.26. The molecule has 6 rings (SSSR count). The first-order chi connectivity index (χ1) is 18.9. The molecule has 1 unspecified atom stereocenters. The number of aromatic amines is 1. The van der Waals surface area contributed by atoms with Crippen LogP contribution >= 0.6 is 0 Å². The molecule has 0 saturated heterocycles. The van der Waals surface area contributed by atoms with E-state index in [1.54, 1.807) is 36.4 Å². The highest BCUT2D eigenvalue weighted by Gasteiger charge is 2.39. The highest BCUT2D eigenvalue weighted by molar-refractivity contribution is 6.15. The van der Waals surface area contributed by atoms with Crippen LogP contribution in [0.25, 0.3) is 17.0 Å². The van der Waals surface area contributed by atoms with Gasteiger partial charge >= 0.3 is 5.97 Å². The highest BCUT2D eigenvalue weighted by Crippen LogP contribution is 2.49. The minimum atomic E-state index is -0.674. The zero-order valence-electron chi connectivity index (χ0n) is 21.3. The van der Waals surface area contributed by atoms with E-state index < -0.39 is 11.9 Å². The van der Waals surface area contributed by atoms with Crippen molar-refractivity contribution in [3.63, 3.8) is 0 Å². The van der Waals surface area contributed by atoms with Gasteiger partial charge in [0.15, 0.2) is 17.3 Å². The number of esters is 1. The third-order valence-electron chi connectivity index (χ3n) is 6.96. The Morgan fingerprint density at radius 3 is 2.38 bits per heavy atom. The van der Waals surface area contributed by atoms with Crippen molar-refractivity contribution in [1.82, 2.24) is 4.98 Å². The van der Waals surface area contributed by atoms with E-state index in [1.165, 1.54) is 21.3 Å². The third-order valence-corrected chi connectivity index (χ3v) is 6.96. The third kappa shape index (κ3) is 3.99. The maximum Gasteiger partial charge on any atom is 0.312 e. The maximum atomic E-state index is 13.4. The number of hydrogen-bond acceptors (Lipinski definition) is 8. The van der Waals surface area contributed by atoms with Gasteiger partial charge in [-0.2, -0.15) is 0 Å². The lowest BCUT2D eigenvalue weighted by atomic mass is 9.85. The molecule has 2 aliphatic rings. The van der Waals surface area contributed by atoms with Crippen LogP contribution in [0.1, 0.15) is 39.4 Å². The number of pyridine rings is 1. The second-order valence-electron chi connectivity index (χ2n) is 9.11. The van der Waals surface area contributed by atoms with Gasteiger partial charge in [0.05, 0.1) is 33.3 Å². The maximum absolute atomic E-state index is 13.4. The lowest BCUT2D eigenvalue weighted by Gasteiger charge is -2.26. The molecule has 39 heavy (non-hydrogen) atoms. The number of Topliss-reactive ketones (excluding diaryl/α,β-unsaturated/α-hetero) is 1. The molecule has 3 aromatic carbocycles. The van der Waals surface area contributed by atoms with Crippen molar-refractivity contribution in [3.05, 3.63) is 93.0 Å². The van der Waals surface area contributed by atoms with Crippen LogP contribution in [0.2, 0.25) is 0 Å². The van der Waals surface area contributed by atoms with E-state index in [1.807, 2.05) is 24.3 Å². The molecule has 1 atom stereocenters. The van der Waals surface area contributed by atoms with E-state index >= 15 is 0 Å². The molecule has 9 heteroatoms. The van der Waals surface area contributed by atoms with Crippen molar-refractivity contribution in [1.29, 1.82) is 0 Å². The fourth-order valence-corrected chi connectivity index (χ4v) is 5.10. The zero-order chi connectivity index (χ0) is 27.3. The fraction of sp³-hybridized carbons (Fsp3) is 0.167. The van der Waals surface area contributed by atoms with Gasteiger partial charge in [-0.1, -0.05) is 18.2 Å².